The quantitative estimate of drug-likeness (QED) is 0.235. The third kappa shape index (κ3) is 4.95. The van der Waals surface area contributed by atoms with E-state index in [1.54, 1.807) is 19.3 Å². The highest BCUT2D eigenvalue weighted by molar-refractivity contribution is 5.65. The summed E-state index contributed by atoms with van der Waals surface area (Å²) in [6.45, 7) is 0. The minimum absolute atomic E-state index is 0.708. The number of carbonyl (C=O) groups is 1. The van der Waals surface area contributed by atoms with Gasteiger partial charge in [-0.2, -0.15) is 0 Å². The lowest BCUT2D eigenvalue weighted by Gasteiger charge is -1.78. The lowest BCUT2D eigenvalue weighted by Crippen LogP contribution is -1.61. The van der Waals surface area contributed by atoms with Crippen molar-refractivity contribution >= 4 is 6.29 Å². The predicted molar refractivity (Wildman–Crippen MR) is 31.4 cm³/mol. The fourth-order valence-corrected chi connectivity index (χ4v) is 0.233. The summed E-state index contributed by atoms with van der Waals surface area (Å²) in [5.41, 5.74) is 0. The summed E-state index contributed by atoms with van der Waals surface area (Å²) in [7, 11) is 1.55. The summed E-state index contributed by atoms with van der Waals surface area (Å²) in [6.07, 6.45) is 6.81. The van der Waals surface area contributed by atoms with Crippen LogP contribution < -0.4 is 0 Å². The molecule has 8 heavy (non-hydrogen) atoms. The lowest BCUT2D eigenvalue weighted by molar-refractivity contribution is -0.104. The number of hydrogen-bond donors (Lipinski definition) is 0. The van der Waals surface area contributed by atoms with E-state index in [4.69, 9.17) is 0 Å². The first-order valence-corrected chi connectivity index (χ1v) is 2.21. The van der Waals surface area contributed by atoms with Gasteiger partial charge in [-0.1, -0.05) is 6.08 Å². The molecule has 0 N–H and O–H groups in total. The van der Waals surface area contributed by atoms with E-state index in [0.717, 1.165) is 0 Å². The molecule has 0 atom stereocenters. The second kappa shape index (κ2) is 5.95. The number of methoxy groups -OCH3 is 1. The summed E-state index contributed by atoms with van der Waals surface area (Å²) < 4.78 is 4.54. The molecule has 0 bridgehead atoms. The van der Waals surface area contributed by atoms with Gasteiger partial charge in [0.1, 0.15) is 6.29 Å². The smallest absolute Gasteiger partial charge is 0.142 e. The molecule has 0 aliphatic rings. The number of ether oxygens (including phenoxy) is 1. The first kappa shape index (κ1) is 6.95. The van der Waals surface area contributed by atoms with Crippen LogP contribution in [0.2, 0.25) is 0 Å². The molecule has 0 heterocycles. The molecule has 0 amide bonds. The van der Waals surface area contributed by atoms with Gasteiger partial charge < -0.3 is 4.74 Å². The van der Waals surface area contributed by atoms with Crippen LogP contribution in [-0.4, -0.2) is 13.4 Å². The maximum absolute atomic E-state index is 9.61. The Hall–Kier alpha value is -1.05. The second-order valence-corrected chi connectivity index (χ2v) is 1.09. The van der Waals surface area contributed by atoms with Crippen LogP contribution in [0.1, 0.15) is 0 Å². The van der Waals surface area contributed by atoms with E-state index in [0.29, 0.717) is 6.29 Å². The van der Waals surface area contributed by atoms with E-state index in [9.17, 15) is 4.79 Å². The number of allylic oxidation sites excluding steroid dienone is 3. The topological polar surface area (TPSA) is 26.3 Å². The van der Waals surface area contributed by atoms with Gasteiger partial charge >= 0.3 is 0 Å². The summed E-state index contributed by atoms with van der Waals surface area (Å²) in [6, 6.07) is 0. The normalized spacial score (nSPS) is 10.6. The van der Waals surface area contributed by atoms with Gasteiger partial charge in [-0.05, 0) is 12.2 Å². The van der Waals surface area contributed by atoms with Crippen LogP contribution in [0, 0.1) is 0 Å². The van der Waals surface area contributed by atoms with Crippen LogP contribution in [0.25, 0.3) is 0 Å². The van der Waals surface area contributed by atoms with E-state index in [1.807, 2.05) is 0 Å². The molecule has 0 rings (SSSR count). The average molecular weight is 112 g/mol. The zero-order valence-corrected chi connectivity index (χ0v) is 4.70. The monoisotopic (exact) mass is 112 g/mol. The number of rotatable bonds is 3. The summed E-state index contributed by atoms with van der Waals surface area (Å²) in [4.78, 5) is 9.61. The maximum Gasteiger partial charge on any atom is 0.142 e. The van der Waals surface area contributed by atoms with E-state index in [-0.39, 0.29) is 0 Å². The summed E-state index contributed by atoms with van der Waals surface area (Å²) in [5.74, 6) is 0. The Morgan fingerprint density at radius 2 is 2.00 bits per heavy atom. The highest BCUT2D eigenvalue weighted by Gasteiger charge is 1.60. The van der Waals surface area contributed by atoms with Gasteiger partial charge in [0.05, 0.1) is 13.4 Å². The Balaban J connectivity index is 3.26. The Morgan fingerprint density at radius 3 is 2.50 bits per heavy atom. The molecule has 0 aliphatic heterocycles. The highest BCUT2D eigenvalue weighted by atomic mass is 16.5. The number of aldehydes is 1. The first-order valence-electron chi connectivity index (χ1n) is 2.21. The van der Waals surface area contributed by atoms with Gasteiger partial charge in [-0.3, -0.25) is 4.79 Å². The molecule has 0 radical (unpaired) electrons. The molecule has 0 unspecified atom stereocenters. The van der Waals surface area contributed by atoms with Crippen molar-refractivity contribution in [1.82, 2.24) is 0 Å². The van der Waals surface area contributed by atoms with Crippen molar-refractivity contribution in [2.24, 2.45) is 0 Å². The first-order chi connectivity index (χ1) is 3.91. The van der Waals surface area contributed by atoms with Gasteiger partial charge in [-0.25, -0.2) is 0 Å². The van der Waals surface area contributed by atoms with E-state index in [2.05, 4.69) is 4.74 Å². The van der Waals surface area contributed by atoms with Crippen molar-refractivity contribution in [2.45, 2.75) is 0 Å². The van der Waals surface area contributed by atoms with Crippen LogP contribution in [0.15, 0.2) is 24.5 Å². The van der Waals surface area contributed by atoms with Crippen molar-refractivity contribution in [3.63, 3.8) is 0 Å². The molecule has 0 aromatic carbocycles. The summed E-state index contributed by atoms with van der Waals surface area (Å²) in [5, 5.41) is 0. The van der Waals surface area contributed by atoms with Gasteiger partial charge in [0.15, 0.2) is 0 Å². The standard InChI is InChI=1S/C6H8O2/c1-8-6-4-2-3-5-7/h2-6H,1H3/b3-2+,6-4+. The number of hydrogen-bond acceptors (Lipinski definition) is 2. The third-order valence-electron chi connectivity index (χ3n) is 0.515. The highest BCUT2D eigenvalue weighted by Crippen LogP contribution is 1.73. The van der Waals surface area contributed by atoms with Crippen LogP contribution in [0.3, 0.4) is 0 Å². The van der Waals surface area contributed by atoms with Gasteiger partial charge in [0, 0.05) is 0 Å². The molecule has 0 aromatic heterocycles. The molecule has 0 spiro atoms. The van der Waals surface area contributed by atoms with Gasteiger partial charge in [0.25, 0.3) is 0 Å². The molecule has 0 aromatic rings. The molecular formula is C6H8O2. The summed E-state index contributed by atoms with van der Waals surface area (Å²) >= 11 is 0. The van der Waals surface area contributed by atoms with Crippen molar-refractivity contribution in [3.8, 4) is 0 Å². The Kier molecular flexibility index (Phi) is 5.17. The molecule has 2 heteroatoms. The van der Waals surface area contributed by atoms with E-state index < -0.39 is 0 Å². The molecule has 0 saturated carbocycles. The Labute approximate surface area is 48.5 Å². The predicted octanol–water partition coefficient (Wildman–Crippen LogP) is 0.902. The lowest BCUT2D eigenvalue weighted by atomic mass is 10.5. The zero-order valence-electron chi connectivity index (χ0n) is 4.70. The molecule has 0 aliphatic carbocycles. The fourth-order valence-electron chi connectivity index (χ4n) is 0.233. The SMILES string of the molecule is CO/C=C/C=C/C=O. The zero-order chi connectivity index (χ0) is 6.24. The third-order valence-corrected chi connectivity index (χ3v) is 0.515. The van der Waals surface area contributed by atoms with E-state index >= 15 is 0 Å². The van der Waals surface area contributed by atoms with Gasteiger partial charge in [0.2, 0.25) is 0 Å². The molecule has 0 saturated heterocycles. The second-order valence-electron chi connectivity index (χ2n) is 1.09. The average Bonchev–Trinajstić information content (AvgIpc) is 1.81. The van der Waals surface area contributed by atoms with Crippen LogP contribution in [0.4, 0.5) is 0 Å². The number of carbonyl (C=O) groups excluding carboxylic acids is 1. The molecule has 0 fully saturated rings. The van der Waals surface area contributed by atoms with Gasteiger partial charge in [-0.15, -0.1) is 0 Å². The van der Waals surface area contributed by atoms with Crippen molar-refractivity contribution in [2.75, 3.05) is 7.11 Å². The molecule has 44 valence electrons. The van der Waals surface area contributed by atoms with Crippen LogP contribution >= 0.6 is 0 Å². The fraction of sp³-hybridized carbons (Fsp3) is 0.167. The Morgan fingerprint density at radius 1 is 1.25 bits per heavy atom. The maximum atomic E-state index is 9.61. The van der Waals surface area contributed by atoms with Crippen molar-refractivity contribution < 1.29 is 9.53 Å². The molecule has 2 nitrogen and oxygen atoms in total. The van der Waals surface area contributed by atoms with Crippen LogP contribution in [0.5, 0.6) is 0 Å². The minimum atomic E-state index is 0.708. The van der Waals surface area contributed by atoms with Crippen LogP contribution in [-0.2, 0) is 9.53 Å². The van der Waals surface area contributed by atoms with Crippen molar-refractivity contribution in [1.29, 1.82) is 0 Å². The van der Waals surface area contributed by atoms with E-state index in [1.165, 1.54) is 12.3 Å². The molecular weight excluding hydrogens is 104 g/mol. The Bertz CT molecular complexity index is 103. The largest absolute Gasteiger partial charge is 0.504 e. The van der Waals surface area contributed by atoms with Crippen molar-refractivity contribution in [3.05, 3.63) is 24.5 Å². The minimum Gasteiger partial charge on any atom is -0.504 e.